The molecule has 8 heteroatoms. The molecule has 0 aliphatic rings. The number of aliphatic hydroxyl groups excluding tert-OH is 5. The number of unbranched alkanes of at least 4 members (excludes halogenated alkanes) is 1. The van der Waals surface area contributed by atoms with Crippen LogP contribution in [-0.2, 0) is 14.2 Å². The van der Waals surface area contributed by atoms with Crippen molar-refractivity contribution in [3.63, 3.8) is 0 Å². The molecule has 0 fully saturated rings. The summed E-state index contributed by atoms with van der Waals surface area (Å²) in [6.07, 6.45) is 0.756. The molecule has 0 aromatic carbocycles. The Morgan fingerprint density at radius 3 is 1.50 bits per heavy atom. The molecule has 4 unspecified atom stereocenters. The topological polar surface area (TPSA) is 129 Å². The van der Waals surface area contributed by atoms with E-state index in [9.17, 15) is 0 Å². The zero-order valence-corrected chi connectivity index (χ0v) is 17.1. The van der Waals surface area contributed by atoms with Crippen LogP contribution in [0.1, 0.15) is 60.3 Å². The normalized spacial score (nSPS) is 15.0. The molecule has 26 heavy (non-hydrogen) atoms. The third-order valence-electron chi connectivity index (χ3n) is 2.61. The van der Waals surface area contributed by atoms with Crippen LogP contribution in [0.25, 0.3) is 0 Å². The van der Waals surface area contributed by atoms with Gasteiger partial charge in [0.05, 0.1) is 38.6 Å². The fraction of sp³-hybridized carbons (Fsp3) is 1.00. The van der Waals surface area contributed by atoms with Gasteiger partial charge in [-0.05, 0) is 33.1 Å². The molecule has 0 aliphatic heterocycles. The van der Waals surface area contributed by atoms with Crippen molar-refractivity contribution in [3.05, 3.63) is 0 Å². The van der Waals surface area contributed by atoms with Crippen molar-refractivity contribution in [2.75, 3.05) is 33.0 Å². The number of hydrogen-bond acceptors (Lipinski definition) is 8. The maximum Gasteiger partial charge on any atom is 0.157 e. The summed E-state index contributed by atoms with van der Waals surface area (Å²) in [5.74, 6) is 0. The van der Waals surface area contributed by atoms with Gasteiger partial charge in [0.1, 0.15) is 0 Å². The smallest absolute Gasteiger partial charge is 0.157 e. The van der Waals surface area contributed by atoms with E-state index < -0.39 is 24.8 Å². The van der Waals surface area contributed by atoms with Crippen LogP contribution in [-0.4, -0.2) is 83.4 Å². The van der Waals surface area contributed by atoms with Gasteiger partial charge in [0.15, 0.2) is 12.6 Å². The van der Waals surface area contributed by atoms with E-state index in [0.29, 0.717) is 32.7 Å². The lowest BCUT2D eigenvalue weighted by Gasteiger charge is -2.13. The third kappa shape index (κ3) is 34.9. The summed E-state index contributed by atoms with van der Waals surface area (Å²) in [4.78, 5) is 0. The molecular formula is C18H42O8. The van der Waals surface area contributed by atoms with Gasteiger partial charge >= 0.3 is 0 Å². The molecule has 0 rings (SSSR count). The summed E-state index contributed by atoms with van der Waals surface area (Å²) in [7, 11) is 0. The van der Waals surface area contributed by atoms with Gasteiger partial charge in [-0.1, -0.05) is 27.2 Å². The van der Waals surface area contributed by atoms with Gasteiger partial charge in [-0.2, -0.15) is 0 Å². The van der Waals surface area contributed by atoms with E-state index in [0.717, 1.165) is 19.4 Å². The minimum atomic E-state index is -0.819. The fourth-order valence-corrected chi connectivity index (χ4v) is 1.20. The minimum absolute atomic E-state index is 0.143. The van der Waals surface area contributed by atoms with Crippen molar-refractivity contribution in [2.24, 2.45) is 0 Å². The highest BCUT2D eigenvalue weighted by Gasteiger charge is 2.05. The van der Waals surface area contributed by atoms with Crippen LogP contribution in [0.4, 0.5) is 0 Å². The Labute approximate surface area is 158 Å². The molecule has 0 spiro atoms. The highest BCUT2D eigenvalue weighted by Crippen LogP contribution is 1.99. The average molecular weight is 387 g/mol. The van der Waals surface area contributed by atoms with Gasteiger partial charge in [-0.15, -0.1) is 0 Å². The molecule has 5 N–H and O–H groups in total. The van der Waals surface area contributed by atoms with Crippen LogP contribution in [0.15, 0.2) is 0 Å². The largest absolute Gasteiger partial charge is 0.394 e. The van der Waals surface area contributed by atoms with Gasteiger partial charge in [0.25, 0.3) is 0 Å². The van der Waals surface area contributed by atoms with E-state index in [1.165, 1.54) is 0 Å². The molecule has 0 saturated heterocycles. The Kier molecular flexibility index (Phi) is 28.9. The van der Waals surface area contributed by atoms with Crippen LogP contribution in [0.2, 0.25) is 0 Å². The Balaban J connectivity index is -0.000000306. The van der Waals surface area contributed by atoms with Gasteiger partial charge in [-0.25, -0.2) is 0 Å². The molecule has 0 aromatic rings. The van der Waals surface area contributed by atoms with Crippen molar-refractivity contribution < 1.29 is 39.7 Å². The molecular weight excluding hydrogens is 344 g/mol. The SMILES string of the molecule is CC(O)COCC(C)O.CCC(O)OC(O)CC.CCCCOCCO. The second-order valence-corrected chi connectivity index (χ2v) is 5.79. The third-order valence-corrected chi connectivity index (χ3v) is 2.61. The van der Waals surface area contributed by atoms with Gasteiger partial charge in [-0.3, -0.25) is 0 Å². The van der Waals surface area contributed by atoms with E-state index in [1.807, 2.05) is 0 Å². The Morgan fingerprint density at radius 1 is 0.731 bits per heavy atom. The first-order valence-corrected chi connectivity index (χ1v) is 9.38. The standard InChI is InChI=1S/2C6H14O3.C6H14O2/c1-5(7)3-9-4-6(2)8;1-3-5(7)9-6(8)4-2;1-2-3-5-8-6-4-7/h2*5-8H,3-4H2,1-2H3;7H,2-6H2,1H3. The first-order chi connectivity index (χ1) is 12.2. The van der Waals surface area contributed by atoms with E-state index in [-0.39, 0.29) is 6.61 Å². The van der Waals surface area contributed by atoms with Crippen LogP contribution in [0.5, 0.6) is 0 Å². The quantitative estimate of drug-likeness (QED) is 0.234. The number of hydrogen-bond donors (Lipinski definition) is 5. The van der Waals surface area contributed by atoms with Crippen molar-refractivity contribution in [2.45, 2.75) is 85.1 Å². The first kappa shape index (κ1) is 30.4. The Bertz CT molecular complexity index is 217. The van der Waals surface area contributed by atoms with Crippen LogP contribution in [0, 0.1) is 0 Å². The average Bonchev–Trinajstić information content (AvgIpc) is 2.59. The molecule has 0 aliphatic carbocycles. The summed E-state index contributed by atoms with van der Waals surface area (Å²) in [6, 6.07) is 0. The molecule has 0 aromatic heterocycles. The second kappa shape index (κ2) is 24.7. The van der Waals surface area contributed by atoms with Crippen LogP contribution in [0.3, 0.4) is 0 Å². The molecule has 8 nitrogen and oxygen atoms in total. The Hall–Kier alpha value is -0.320. The summed E-state index contributed by atoms with van der Waals surface area (Å²) >= 11 is 0. The highest BCUT2D eigenvalue weighted by molar-refractivity contribution is 4.45. The van der Waals surface area contributed by atoms with Crippen LogP contribution >= 0.6 is 0 Å². The number of ether oxygens (including phenoxy) is 3. The molecule has 0 heterocycles. The maximum atomic E-state index is 8.78. The molecule has 0 saturated carbocycles. The van der Waals surface area contributed by atoms with Gasteiger partial charge in [0.2, 0.25) is 0 Å². The van der Waals surface area contributed by atoms with Gasteiger partial charge < -0.3 is 39.7 Å². The lowest BCUT2D eigenvalue weighted by molar-refractivity contribution is -0.208. The summed E-state index contributed by atoms with van der Waals surface area (Å²) in [6.45, 7) is 11.0. The summed E-state index contributed by atoms with van der Waals surface area (Å²) < 4.78 is 14.5. The van der Waals surface area contributed by atoms with Gasteiger partial charge in [0, 0.05) is 6.61 Å². The van der Waals surface area contributed by atoms with Crippen molar-refractivity contribution in [1.82, 2.24) is 0 Å². The van der Waals surface area contributed by atoms with E-state index in [4.69, 9.17) is 35.0 Å². The zero-order valence-electron chi connectivity index (χ0n) is 17.1. The molecule has 162 valence electrons. The zero-order chi connectivity index (χ0) is 20.8. The molecule has 4 atom stereocenters. The van der Waals surface area contributed by atoms with E-state index in [2.05, 4.69) is 11.7 Å². The predicted molar refractivity (Wildman–Crippen MR) is 101 cm³/mol. The summed E-state index contributed by atoms with van der Waals surface area (Å²) in [5, 5.41) is 43.1. The minimum Gasteiger partial charge on any atom is -0.394 e. The van der Waals surface area contributed by atoms with Crippen LogP contribution < -0.4 is 0 Å². The van der Waals surface area contributed by atoms with Crippen molar-refractivity contribution in [3.8, 4) is 0 Å². The first-order valence-electron chi connectivity index (χ1n) is 9.38. The van der Waals surface area contributed by atoms with E-state index >= 15 is 0 Å². The lowest BCUT2D eigenvalue weighted by Crippen LogP contribution is -2.19. The monoisotopic (exact) mass is 386 g/mol. The van der Waals surface area contributed by atoms with Crippen molar-refractivity contribution >= 4 is 0 Å². The number of aliphatic hydroxyl groups is 5. The molecule has 0 amide bonds. The Morgan fingerprint density at radius 2 is 1.19 bits per heavy atom. The predicted octanol–water partition coefficient (Wildman–Crippen LogP) is 1.02. The second-order valence-electron chi connectivity index (χ2n) is 5.79. The highest BCUT2D eigenvalue weighted by atomic mass is 16.7. The molecule has 0 radical (unpaired) electrons. The number of rotatable bonds is 13. The fourth-order valence-electron chi connectivity index (χ4n) is 1.20. The summed E-state index contributed by atoms with van der Waals surface area (Å²) in [5.41, 5.74) is 0. The van der Waals surface area contributed by atoms with E-state index in [1.54, 1.807) is 27.7 Å². The van der Waals surface area contributed by atoms with Crippen molar-refractivity contribution in [1.29, 1.82) is 0 Å². The maximum absolute atomic E-state index is 8.78. The molecule has 0 bridgehead atoms. The lowest BCUT2D eigenvalue weighted by atomic mass is 10.4.